The Kier molecular flexibility index (Phi) is 8.50. The Morgan fingerprint density at radius 2 is 1.90 bits per heavy atom. The van der Waals surface area contributed by atoms with Gasteiger partial charge >= 0.3 is 0 Å². The lowest BCUT2D eigenvalue weighted by atomic mass is 9.99. The fraction of sp³-hybridized carbons (Fsp3) is 0.440. The van der Waals surface area contributed by atoms with Crippen LogP contribution in [-0.4, -0.2) is 23.7 Å². The van der Waals surface area contributed by atoms with Gasteiger partial charge in [-0.2, -0.15) is 5.26 Å². The Balaban J connectivity index is 2.11. The SMILES string of the molecule is CCc1cccc(Oc2ccc(C(=O)NC(C)CC(C)(C)OC(C)C)cc2Cl)c1C#N. The number of amides is 1. The summed E-state index contributed by atoms with van der Waals surface area (Å²) in [6.07, 6.45) is 1.52. The molecule has 166 valence electrons. The van der Waals surface area contributed by atoms with E-state index in [0.29, 0.717) is 34.1 Å². The van der Waals surface area contributed by atoms with Crippen LogP contribution in [0.4, 0.5) is 0 Å². The summed E-state index contributed by atoms with van der Waals surface area (Å²) >= 11 is 6.38. The Hall–Kier alpha value is -2.55. The number of nitrogens with one attached hydrogen (secondary N) is 1. The Bertz CT molecular complexity index is 964. The van der Waals surface area contributed by atoms with Crippen molar-refractivity contribution in [1.82, 2.24) is 5.32 Å². The standard InChI is InChI=1S/C25H31ClN2O3/c1-7-18-9-8-10-22(20(18)15-27)30-23-12-11-19(13-21(23)26)24(29)28-17(4)14-25(5,6)31-16(2)3/h8-13,16-17H,7,14H2,1-6H3,(H,28,29). The molecule has 6 heteroatoms. The molecule has 2 aromatic carbocycles. The molecule has 1 unspecified atom stereocenters. The predicted octanol–water partition coefficient (Wildman–Crippen LogP) is 6.28. The number of halogens is 1. The van der Waals surface area contributed by atoms with Gasteiger partial charge in [0.05, 0.1) is 22.3 Å². The molecule has 0 bridgehead atoms. The molecule has 1 N–H and O–H groups in total. The molecule has 31 heavy (non-hydrogen) atoms. The van der Waals surface area contributed by atoms with E-state index in [2.05, 4.69) is 11.4 Å². The lowest BCUT2D eigenvalue weighted by Gasteiger charge is -2.30. The topological polar surface area (TPSA) is 71.3 Å². The molecule has 0 radical (unpaired) electrons. The average molecular weight is 443 g/mol. The first-order chi connectivity index (χ1) is 14.6. The zero-order valence-corrected chi connectivity index (χ0v) is 19.8. The van der Waals surface area contributed by atoms with Crippen molar-refractivity contribution >= 4 is 17.5 Å². The molecule has 0 heterocycles. The van der Waals surface area contributed by atoms with Gasteiger partial charge in [-0.05, 0) is 77.3 Å². The number of carbonyl (C=O) groups excluding carboxylic acids is 1. The quantitative estimate of drug-likeness (QED) is 0.496. The highest BCUT2D eigenvalue weighted by Crippen LogP contribution is 2.33. The second kappa shape index (κ2) is 10.7. The molecule has 1 amide bonds. The Morgan fingerprint density at radius 1 is 1.19 bits per heavy atom. The fourth-order valence-corrected chi connectivity index (χ4v) is 3.93. The third-order valence-electron chi connectivity index (χ3n) is 4.75. The van der Waals surface area contributed by atoms with Gasteiger partial charge in [-0.1, -0.05) is 30.7 Å². The second-order valence-corrected chi connectivity index (χ2v) is 8.92. The van der Waals surface area contributed by atoms with Gasteiger partial charge in [0.25, 0.3) is 5.91 Å². The molecule has 5 nitrogen and oxygen atoms in total. The summed E-state index contributed by atoms with van der Waals surface area (Å²) < 4.78 is 11.8. The normalized spacial score (nSPS) is 12.4. The molecular formula is C25H31ClN2O3. The van der Waals surface area contributed by atoms with Crippen LogP contribution in [-0.2, 0) is 11.2 Å². The van der Waals surface area contributed by atoms with Gasteiger partial charge in [-0.3, -0.25) is 4.79 Å². The van der Waals surface area contributed by atoms with Crippen molar-refractivity contribution in [3.8, 4) is 17.6 Å². The van der Waals surface area contributed by atoms with Gasteiger partial charge in [0.2, 0.25) is 0 Å². The van der Waals surface area contributed by atoms with Crippen molar-refractivity contribution in [1.29, 1.82) is 5.26 Å². The average Bonchev–Trinajstić information content (AvgIpc) is 2.67. The second-order valence-electron chi connectivity index (χ2n) is 8.51. The Morgan fingerprint density at radius 3 is 2.48 bits per heavy atom. The van der Waals surface area contributed by atoms with E-state index in [-0.39, 0.29) is 23.7 Å². The van der Waals surface area contributed by atoms with E-state index in [0.717, 1.165) is 12.0 Å². The number of ether oxygens (including phenoxy) is 2. The zero-order chi connectivity index (χ0) is 23.2. The summed E-state index contributed by atoms with van der Waals surface area (Å²) in [6.45, 7) is 12.0. The number of aryl methyl sites for hydroxylation is 1. The van der Waals surface area contributed by atoms with Gasteiger partial charge in [0, 0.05) is 11.6 Å². The van der Waals surface area contributed by atoms with Crippen molar-refractivity contribution in [3.63, 3.8) is 0 Å². The molecule has 0 aliphatic rings. The van der Waals surface area contributed by atoms with Crippen LogP contribution in [0.2, 0.25) is 5.02 Å². The Labute approximate surface area is 190 Å². The van der Waals surface area contributed by atoms with Gasteiger partial charge < -0.3 is 14.8 Å². The minimum atomic E-state index is -0.346. The number of hydrogen-bond donors (Lipinski definition) is 1. The molecule has 0 fully saturated rings. The van der Waals surface area contributed by atoms with E-state index in [1.54, 1.807) is 24.3 Å². The van der Waals surface area contributed by atoms with E-state index in [4.69, 9.17) is 21.1 Å². The molecule has 0 aliphatic carbocycles. The maximum Gasteiger partial charge on any atom is 0.251 e. The summed E-state index contributed by atoms with van der Waals surface area (Å²) in [5.41, 5.74) is 1.49. The molecular weight excluding hydrogens is 412 g/mol. The number of nitrogens with zero attached hydrogens (tertiary/aromatic N) is 1. The monoisotopic (exact) mass is 442 g/mol. The number of benzene rings is 2. The van der Waals surface area contributed by atoms with Crippen molar-refractivity contribution in [2.24, 2.45) is 0 Å². The van der Waals surface area contributed by atoms with Crippen molar-refractivity contribution in [2.45, 2.75) is 72.1 Å². The van der Waals surface area contributed by atoms with E-state index in [1.165, 1.54) is 0 Å². The van der Waals surface area contributed by atoms with Crippen LogP contribution >= 0.6 is 11.6 Å². The highest BCUT2D eigenvalue weighted by molar-refractivity contribution is 6.32. The van der Waals surface area contributed by atoms with E-state index in [9.17, 15) is 10.1 Å². The van der Waals surface area contributed by atoms with E-state index in [1.807, 2.05) is 53.7 Å². The zero-order valence-electron chi connectivity index (χ0n) is 19.1. The van der Waals surface area contributed by atoms with Crippen molar-refractivity contribution in [3.05, 3.63) is 58.1 Å². The summed E-state index contributed by atoms with van der Waals surface area (Å²) in [5.74, 6) is 0.622. The third kappa shape index (κ3) is 6.99. The first-order valence-corrected chi connectivity index (χ1v) is 10.9. The largest absolute Gasteiger partial charge is 0.454 e. The van der Waals surface area contributed by atoms with Gasteiger partial charge in [0.15, 0.2) is 0 Å². The van der Waals surface area contributed by atoms with Crippen molar-refractivity contribution < 1.29 is 14.3 Å². The number of hydrogen-bond acceptors (Lipinski definition) is 4. The summed E-state index contributed by atoms with van der Waals surface area (Å²) in [4.78, 5) is 12.7. The highest BCUT2D eigenvalue weighted by atomic mass is 35.5. The molecule has 0 saturated carbocycles. The van der Waals surface area contributed by atoms with Crippen LogP contribution in [0.3, 0.4) is 0 Å². The highest BCUT2D eigenvalue weighted by Gasteiger charge is 2.24. The maximum atomic E-state index is 12.7. The van der Waals surface area contributed by atoms with Crippen LogP contribution in [0.25, 0.3) is 0 Å². The van der Waals surface area contributed by atoms with E-state index >= 15 is 0 Å². The molecule has 2 rings (SSSR count). The molecule has 0 aliphatic heterocycles. The minimum absolute atomic E-state index is 0.0778. The number of nitriles is 1. The van der Waals surface area contributed by atoms with Crippen LogP contribution in [0.1, 0.15) is 69.4 Å². The van der Waals surface area contributed by atoms with Crippen LogP contribution < -0.4 is 10.1 Å². The van der Waals surface area contributed by atoms with Gasteiger partial charge in [0.1, 0.15) is 17.6 Å². The smallest absolute Gasteiger partial charge is 0.251 e. The van der Waals surface area contributed by atoms with Gasteiger partial charge in [-0.15, -0.1) is 0 Å². The summed E-state index contributed by atoms with van der Waals surface area (Å²) in [7, 11) is 0. The van der Waals surface area contributed by atoms with Gasteiger partial charge in [-0.25, -0.2) is 0 Å². The van der Waals surface area contributed by atoms with Crippen LogP contribution in [0.5, 0.6) is 11.5 Å². The fourth-order valence-electron chi connectivity index (χ4n) is 3.71. The lowest BCUT2D eigenvalue weighted by molar-refractivity contribution is -0.0639. The number of carbonyl (C=O) groups is 1. The predicted molar refractivity (Wildman–Crippen MR) is 124 cm³/mol. The molecule has 0 aromatic heterocycles. The van der Waals surface area contributed by atoms with Crippen molar-refractivity contribution in [2.75, 3.05) is 0 Å². The molecule has 2 aromatic rings. The first kappa shape index (κ1) is 24.7. The van der Waals surface area contributed by atoms with E-state index < -0.39 is 0 Å². The van der Waals surface area contributed by atoms with Crippen LogP contribution in [0, 0.1) is 11.3 Å². The van der Waals surface area contributed by atoms with Crippen LogP contribution in [0.15, 0.2) is 36.4 Å². The first-order valence-electron chi connectivity index (χ1n) is 10.5. The number of rotatable bonds is 9. The summed E-state index contributed by atoms with van der Waals surface area (Å²) in [6, 6.07) is 12.5. The molecule has 0 saturated heterocycles. The maximum absolute atomic E-state index is 12.7. The third-order valence-corrected chi connectivity index (χ3v) is 5.04. The summed E-state index contributed by atoms with van der Waals surface area (Å²) in [5, 5.41) is 12.8. The molecule has 0 spiro atoms. The molecule has 1 atom stereocenters. The minimum Gasteiger partial charge on any atom is -0.454 e. The lowest BCUT2D eigenvalue weighted by Crippen LogP contribution is -2.40.